The van der Waals surface area contributed by atoms with Crippen molar-refractivity contribution in [3.63, 3.8) is 0 Å². The number of nitrogens with one attached hydrogen (secondary N) is 1. The van der Waals surface area contributed by atoms with Crippen LogP contribution in [0.5, 0.6) is 0 Å². The summed E-state index contributed by atoms with van der Waals surface area (Å²) in [6.07, 6.45) is 1.64. The Morgan fingerprint density at radius 2 is 2.26 bits per heavy atom. The maximum atomic E-state index is 10.9. The number of hydrogen-bond donors (Lipinski definition) is 2. The number of nitrogens with zero attached hydrogens (tertiary/aromatic N) is 5. The Hall–Kier alpha value is -2.51. The standard InChI is InChI=1S/C11H14N6O2/c1-3-17-6-13-16-9(17)5-12-11-14-7(2)4-8(15-11)10(18)19/h4,6H,3,5H2,1-2H3,(H,18,19)(H,12,14,15). The Labute approximate surface area is 109 Å². The minimum absolute atomic E-state index is 0.0352. The fraction of sp³-hybridized carbons (Fsp3) is 0.364. The lowest BCUT2D eigenvalue weighted by Crippen LogP contribution is -2.12. The van der Waals surface area contributed by atoms with E-state index in [4.69, 9.17) is 5.11 Å². The molecule has 100 valence electrons. The first kappa shape index (κ1) is 12.9. The third-order valence-corrected chi connectivity index (χ3v) is 2.51. The van der Waals surface area contributed by atoms with E-state index in [9.17, 15) is 4.79 Å². The molecule has 2 heterocycles. The van der Waals surface area contributed by atoms with Crippen molar-refractivity contribution >= 4 is 11.9 Å². The summed E-state index contributed by atoms with van der Waals surface area (Å²) in [5, 5.41) is 19.6. The van der Waals surface area contributed by atoms with Crippen molar-refractivity contribution < 1.29 is 9.90 Å². The average molecular weight is 262 g/mol. The predicted molar refractivity (Wildman–Crippen MR) is 66.8 cm³/mol. The molecule has 0 unspecified atom stereocenters. The number of hydrogen-bond acceptors (Lipinski definition) is 6. The molecule has 0 radical (unpaired) electrons. The first-order valence-electron chi connectivity index (χ1n) is 5.79. The average Bonchev–Trinajstić information content (AvgIpc) is 2.83. The smallest absolute Gasteiger partial charge is 0.354 e. The monoisotopic (exact) mass is 262 g/mol. The molecular formula is C11H14N6O2. The number of aryl methyl sites for hydroxylation is 2. The van der Waals surface area contributed by atoms with E-state index in [0.29, 0.717) is 12.2 Å². The summed E-state index contributed by atoms with van der Waals surface area (Å²) in [5.41, 5.74) is 0.554. The highest BCUT2D eigenvalue weighted by Gasteiger charge is 2.09. The highest BCUT2D eigenvalue weighted by molar-refractivity contribution is 5.85. The Kier molecular flexibility index (Phi) is 3.69. The fourth-order valence-corrected chi connectivity index (χ4v) is 1.60. The molecule has 2 aromatic rings. The molecule has 0 aliphatic heterocycles. The lowest BCUT2D eigenvalue weighted by atomic mass is 10.3. The second kappa shape index (κ2) is 5.42. The van der Waals surface area contributed by atoms with Crippen LogP contribution in [0.25, 0.3) is 0 Å². The molecule has 0 aliphatic rings. The summed E-state index contributed by atoms with van der Waals surface area (Å²) in [7, 11) is 0. The Balaban J connectivity index is 2.13. The predicted octanol–water partition coefficient (Wildman–Crippen LogP) is 0.707. The van der Waals surface area contributed by atoms with Crippen LogP contribution in [0.15, 0.2) is 12.4 Å². The maximum absolute atomic E-state index is 10.9. The van der Waals surface area contributed by atoms with Gasteiger partial charge in [0, 0.05) is 12.2 Å². The molecule has 19 heavy (non-hydrogen) atoms. The zero-order valence-corrected chi connectivity index (χ0v) is 10.7. The van der Waals surface area contributed by atoms with E-state index in [0.717, 1.165) is 12.4 Å². The first-order valence-corrected chi connectivity index (χ1v) is 5.79. The van der Waals surface area contributed by atoms with Crippen molar-refractivity contribution in [2.24, 2.45) is 0 Å². The number of rotatable bonds is 5. The quantitative estimate of drug-likeness (QED) is 0.817. The molecule has 2 aromatic heterocycles. The van der Waals surface area contributed by atoms with Crippen LogP contribution in [0.4, 0.5) is 5.95 Å². The van der Waals surface area contributed by atoms with Gasteiger partial charge in [-0.25, -0.2) is 14.8 Å². The third kappa shape index (κ3) is 3.03. The van der Waals surface area contributed by atoms with Gasteiger partial charge >= 0.3 is 5.97 Å². The van der Waals surface area contributed by atoms with Crippen LogP contribution >= 0.6 is 0 Å². The van der Waals surface area contributed by atoms with Gasteiger partial charge in [-0.3, -0.25) is 0 Å². The zero-order chi connectivity index (χ0) is 13.8. The lowest BCUT2D eigenvalue weighted by Gasteiger charge is -2.07. The van der Waals surface area contributed by atoms with Crippen LogP contribution in [0.2, 0.25) is 0 Å². The van der Waals surface area contributed by atoms with E-state index in [1.165, 1.54) is 6.07 Å². The van der Waals surface area contributed by atoms with Crippen molar-refractivity contribution in [2.45, 2.75) is 26.9 Å². The molecule has 8 nitrogen and oxygen atoms in total. The first-order chi connectivity index (χ1) is 9.10. The number of anilines is 1. The summed E-state index contributed by atoms with van der Waals surface area (Å²) in [4.78, 5) is 18.9. The van der Waals surface area contributed by atoms with E-state index < -0.39 is 5.97 Å². The molecule has 2 rings (SSSR count). The van der Waals surface area contributed by atoms with Crippen molar-refractivity contribution in [1.82, 2.24) is 24.7 Å². The van der Waals surface area contributed by atoms with Crippen LogP contribution in [0, 0.1) is 6.92 Å². The SMILES string of the molecule is CCn1cnnc1CNc1nc(C)cc(C(=O)O)n1. The minimum Gasteiger partial charge on any atom is -0.477 e. The number of aromatic nitrogens is 5. The Bertz CT molecular complexity index is 595. The molecule has 0 aromatic carbocycles. The van der Waals surface area contributed by atoms with Gasteiger partial charge < -0.3 is 15.0 Å². The van der Waals surface area contributed by atoms with Gasteiger partial charge in [0.1, 0.15) is 6.33 Å². The van der Waals surface area contributed by atoms with Crippen LogP contribution in [-0.2, 0) is 13.1 Å². The topological polar surface area (TPSA) is 106 Å². The lowest BCUT2D eigenvalue weighted by molar-refractivity contribution is 0.0690. The molecular weight excluding hydrogens is 248 g/mol. The molecule has 0 spiro atoms. The van der Waals surface area contributed by atoms with E-state index in [2.05, 4.69) is 25.5 Å². The maximum Gasteiger partial charge on any atom is 0.354 e. The van der Waals surface area contributed by atoms with Gasteiger partial charge in [-0.2, -0.15) is 0 Å². The second-order valence-electron chi connectivity index (χ2n) is 3.91. The van der Waals surface area contributed by atoms with Crippen LogP contribution in [0.3, 0.4) is 0 Å². The van der Waals surface area contributed by atoms with Crippen LogP contribution in [0.1, 0.15) is 28.9 Å². The van der Waals surface area contributed by atoms with Crippen molar-refractivity contribution in [2.75, 3.05) is 5.32 Å². The molecule has 0 amide bonds. The molecule has 0 saturated heterocycles. The van der Waals surface area contributed by atoms with Crippen LogP contribution in [-0.4, -0.2) is 35.8 Å². The van der Waals surface area contributed by atoms with Crippen LogP contribution < -0.4 is 5.32 Å². The molecule has 0 bridgehead atoms. The number of carboxylic acid groups (broad SMARTS) is 1. The van der Waals surface area contributed by atoms with Crippen molar-refractivity contribution in [1.29, 1.82) is 0 Å². The Morgan fingerprint density at radius 3 is 2.95 bits per heavy atom. The molecule has 0 saturated carbocycles. The fourth-order valence-electron chi connectivity index (χ4n) is 1.60. The van der Waals surface area contributed by atoms with E-state index in [1.807, 2.05) is 11.5 Å². The van der Waals surface area contributed by atoms with Gasteiger partial charge in [-0.15, -0.1) is 10.2 Å². The molecule has 0 atom stereocenters. The van der Waals surface area contributed by atoms with E-state index in [1.54, 1.807) is 13.3 Å². The normalized spacial score (nSPS) is 10.4. The van der Waals surface area contributed by atoms with Gasteiger partial charge in [0.25, 0.3) is 0 Å². The summed E-state index contributed by atoms with van der Waals surface area (Å²) in [6, 6.07) is 1.42. The summed E-state index contributed by atoms with van der Waals surface area (Å²) >= 11 is 0. The molecule has 0 aliphatic carbocycles. The Morgan fingerprint density at radius 1 is 1.47 bits per heavy atom. The van der Waals surface area contributed by atoms with Crippen molar-refractivity contribution in [3.8, 4) is 0 Å². The largest absolute Gasteiger partial charge is 0.477 e. The second-order valence-corrected chi connectivity index (χ2v) is 3.91. The minimum atomic E-state index is -1.08. The number of carbonyl (C=O) groups is 1. The summed E-state index contributed by atoms with van der Waals surface area (Å²) < 4.78 is 1.88. The molecule has 2 N–H and O–H groups in total. The van der Waals surface area contributed by atoms with Gasteiger partial charge in [0.05, 0.1) is 6.54 Å². The van der Waals surface area contributed by atoms with Gasteiger partial charge in [0.2, 0.25) is 5.95 Å². The molecule has 8 heteroatoms. The van der Waals surface area contributed by atoms with Gasteiger partial charge in [-0.1, -0.05) is 0 Å². The van der Waals surface area contributed by atoms with Gasteiger partial charge in [-0.05, 0) is 19.9 Å². The third-order valence-electron chi connectivity index (χ3n) is 2.51. The number of carboxylic acids is 1. The van der Waals surface area contributed by atoms with Crippen molar-refractivity contribution in [3.05, 3.63) is 29.6 Å². The summed E-state index contributed by atoms with van der Waals surface area (Å²) in [5.74, 6) is -0.0715. The number of aromatic carboxylic acids is 1. The van der Waals surface area contributed by atoms with E-state index in [-0.39, 0.29) is 11.6 Å². The summed E-state index contributed by atoms with van der Waals surface area (Å²) in [6.45, 7) is 4.85. The van der Waals surface area contributed by atoms with E-state index >= 15 is 0 Å². The zero-order valence-electron chi connectivity index (χ0n) is 10.7. The van der Waals surface area contributed by atoms with Gasteiger partial charge in [0.15, 0.2) is 11.5 Å². The highest BCUT2D eigenvalue weighted by atomic mass is 16.4. The highest BCUT2D eigenvalue weighted by Crippen LogP contribution is 2.06. The molecule has 0 fully saturated rings.